The van der Waals surface area contributed by atoms with Crippen LogP contribution >= 0.6 is 0 Å². The highest BCUT2D eigenvalue weighted by atomic mass is 16.5. The van der Waals surface area contributed by atoms with Crippen molar-refractivity contribution in [2.45, 2.75) is 19.9 Å². The van der Waals surface area contributed by atoms with Crippen molar-refractivity contribution in [3.63, 3.8) is 0 Å². The van der Waals surface area contributed by atoms with Crippen molar-refractivity contribution in [3.8, 4) is 17.0 Å². The fraction of sp³-hybridized carbons (Fsp3) is 0.179. The molecule has 7 heteroatoms. The number of aromatic nitrogens is 2. The molecule has 5 rings (SSSR count). The molecule has 0 unspecified atom stereocenters. The van der Waals surface area contributed by atoms with E-state index in [9.17, 15) is 9.59 Å². The van der Waals surface area contributed by atoms with E-state index < -0.39 is 12.0 Å². The minimum Gasteiger partial charge on any atom is -0.497 e. The zero-order valence-corrected chi connectivity index (χ0v) is 19.7. The third kappa shape index (κ3) is 3.95. The second kappa shape index (κ2) is 9.10. The van der Waals surface area contributed by atoms with Crippen molar-refractivity contribution < 1.29 is 19.1 Å². The molecule has 1 aromatic heterocycles. The van der Waals surface area contributed by atoms with Crippen LogP contribution < -0.4 is 9.64 Å². The summed E-state index contributed by atoms with van der Waals surface area (Å²) < 4.78 is 10.6. The highest BCUT2D eigenvalue weighted by Crippen LogP contribution is 2.45. The van der Waals surface area contributed by atoms with Crippen LogP contribution in [0.4, 0.5) is 5.69 Å². The predicted octanol–water partition coefficient (Wildman–Crippen LogP) is 5.32. The summed E-state index contributed by atoms with van der Waals surface area (Å²) in [4.78, 5) is 27.5. The largest absolute Gasteiger partial charge is 0.497 e. The maximum atomic E-state index is 13.7. The van der Waals surface area contributed by atoms with E-state index in [4.69, 9.17) is 9.47 Å². The monoisotopic (exact) mass is 467 g/mol. The smallest absolute Gasteiger partial charge is 0.338 e. The summed E-state index contributed by atoms with van der Waals surface area (Å²) in [6.45, 7) is 4.09. The molecular weight excluding hydrogens is 442 g/mol. The number of hydrogen-bond acceptors (Lipinski definition) is 5. The fourth-order valence-corrected chi connectivity index (χ4v) is 4.44. The van der Waals surface area contributed by atoms with E-state index in [-0.39, 0.29) is 5.91 Å². The number of ether oxygens (including phenoxy) is 2. The number of aromatic amines is 1. The van der Waals surface area contributed by atoms with Gasteiger partial charge in [0, 0.05) is 16.8 Å². The van der Waals surface area contributed by atoms with E-state index in [1.807, 2.05) is 55.5 Å². The van der Waals surface area contributed by atoms with Crippen LogP contribution in [0, 0.1) is 6.92 Å². The predicted molar refractivity (Wildman–Crippen MR) is 133 cm³/mol. The van der Waals surface area contributed by atoms with E-state index in [0.29, 0.717) is 29.3 Å². The van der Waals surface area contributed by atoms with E-state index in [2.05, 4.69) is 10.2 Å². The number of carbonyl (C=O) groups excluding carboxylic acids is 2. The summed E-state index contributed by atoms with van der Waals surface area (Å²) >= 11 is 0. The third-order valence-electron chi connectivity index (χ3n) is 6.16. The molecule has 0 aliphatic carbocycles. The molecule has 0 saturated heterocycles. The Morgan fingerprint density at radius 2 is 1.80 bits per heavy atom. The average molecular weight is 468 g/mol. The highest BCUT2D eigenvalue weighted by Gasteiger charge is 2.43. The van der Waals surface area contributed by atoms with Crippen LogP contribution in [-0.2, 0) is 4.74 Å². The number of esters is 1. The molecule has 3 aromatic carbocycles. The number of methoxy groups -OCH3 is 1. The molecule has 2 heterocycles. The van der Waals surface area contributed by atoms with Gasteiger partial charge in [-0.05, 0) is 55.8 Å². The SMILES string of the molecule is CCOC(=O)c1ccc(N2C(=O)c3[nH]nc(-c4ccc(C)cc4)c3[C@H]2c2cccc(OC)c2)cc1. The number of hydrogen-bond donors (Lipinski definition) is 1. The minimum absolute atomic E-state index is 0.192. The lowest BCUT2D eigenvalue weighted by atomic mass is 9.95. The second-order valence-electron chi connectivity index (χ2n) is 8.35. The topological polar surface area (TPSA) is 84.5 Å². The molecule has 1 aliphatic heterocycles. The molecule has 0 spiro atoms. The second-order valence-corrected chi connectivity index (χ2v) is 8.35. The van der Waals surface area contributed by atoms with Gasteiger partial charge in [-0.3, -0.25) is 14.8 Å². The number of nitrogens with zero attached hydrogens (tertiary/aromatic N) is 2. The van der Waals surface area contributed by atoms with Gasteiger partial charge in [-0.15, -0.1) is 0 Å². The Morgan fingerprint density at radius 1 is 1.06 bits per heavy atom. The normalized spacial score (nSPS) is 14.7. The van der Waals surface area contributed by atoms with Gasteiger partial charge in [0.2, 0.25) is 0 Å². The van der Waals surface area contributed by atoms with Crippen molar-refractivity contribution in [3.05, 3.63) is 101 Å². The van der Waals surface area contributed by atoms with Gasteiger partial charge in [-0.1, -0.05) is 42.0 Å². The van der Waals surface area contributed by atoms with Gasteiger partial charge in [0.05, 0.1) is 31.0 Å². The van der Waals surface area contributed by atoms with E-state index in [1.54, 1.807) is 43.2 Å². The number of anilines is 1. The Balaban J connectivity index is 1.64. The molecule has 4 aromatic rings. The first-order valence-corrected chi connectivity index (χ1v) is 11.4. The summed E-state index contributed by atoms with van der Waals surface area (Å²) in [7, 11) is 1.62. The van der Waals surface area contributed by atoms with Crippen LogP contribution in [0.5, 0.6) is 5.75 Å². The van der Waals surface area contributed by atoms with Crippen molar-refractivity contribution in [2.24, 2.45) is 0 Å². The van der Waals surface area contributed by atoms with Crippen LogP contribution in [0.25, 0.3) is 11.3 Å². The highest BCUT2D eigenvalue weighted by molar-refractivity contribution is 6.12. The van der Waals surface area contributed by atoms with Crippen LogP contribution in [0.3, 0.4) is 0 Å². The molecule has 0 saturated carbocycles. The Kier molecular flexibility index (Phi) is 5.82. The quantitative estimate of drug-likeness (QED) is 0.388. The molecule has 0 radical (unpaired) electrons. The molecule has 176 valence electrons. The van der Waals surface area contributed by atoms with Gasteiger partial charge in [-0.25, -0.2) is 4.79 Å². The lowest BCUT2D eigenvalue weighted by molar-refractivity contribution is 0.0526. The molecule has 7 nitrogen and oxygen atoms in total. The summed E-state index contributed by atoms with van der Waals surface area (Å²) in [5, 5.41) is 7.50. The molecule has 1 aliphatic rings. The van der Waals surface area contributed by atoms with Crippen molar-refractivity contribution in [1.82, 2.24) is 10.2 Å². The number of rotatable bonds is 6. The first-order chi connectivity index (χ1) is 17.0. The molecule has 1 amide bonds. The van der Waals surface area contributed by atoms with Gasteiger partial charge >= 0.3 is 5.97 Å². The lowest BCUT2D eigenvalue weighted by Gasteiger charge is -2.27. The maximum Gasteiger partial charge on any atom is 0.338 e. The number of nitrogens with one attached hydrogen (secondary N) is 1. The van der Waals surface area contributed by atoms with Crippen LogP contribution in [0.2, 0.25) is 0 Å². The number of carbonyl (C=O) groups is 2. The van der Waals surface area contributed by atoms with Gasteiger partial charge < -0.3 is 9.47 Å². The summed E-state index contributed by atoms with van der Waals surface area (Å²) in [5.41, 5.74) is 6.03. The maximum absolute atomic E-state index is 13.7. The van der Waals surface area contributed by atoms with Crippen molar-refractivity contribution in [1.29, 1.82) is 0 Å². The number of benzene rings is 3. The van der Waals surface area contributed by atoms with Crippen molar-refractivity contribution in [2.75, 3.05) is 18.6 Å². The number of amides is 1. The average Bonchev–Trinajstić information content (AvgIpc) is 3.43. The van der Waals surface area contributed by atoms with Crippen LogP contribution in [-0.4, -0.2) is 35.8 Å². The zero-order valence-electron chi connectivity index (χ0n) is 19.7. The molecule has 0 fully saturated rings. The first-order valence-electron chi connectivity index (χ1n) is 11.4. The molecule has 1 atom stereocenters. The molecule has 0 bridgehead atoms. The zero-order chi connectivity index (χ0) is 24.5. The van der Waals surface area contributed by atoms with Gasteiger partial charge in [0.25, 0.3) is 5.91 Å². The Hall–Kier alpha value is -4.39. The minimum atomic E-state index is -0.434. The standard InChI is InChI=1S/C28H25N3O4/c1-4-35-28(33)19-12-14-21(15-13-19)31-26(20-6-5-7-22(16-20)34-3)23-24(29-30-25(23)27(31)32)18-10-8-17(2)9-11-18/h5-16,26H,4H2,1-3H3,(H,29,30)/t26-/m1/s1. The summed E-state index contributed by atoms with van der Waals surface area (Å²) in [6.07, 6.45) is 0. The van der Waals surface area contributed by atoms with E-state index >= 15 is 0 Å². The Morgan fingerprint density at radius 3 is 2.49 bits per heavy atom. The van der Waals surface area contributed by atoms with Crippen LogP contribution in [0.1, 0.15) is 50.5 Å². The van der Waals surface area contributed by atoms with Crippen LogP contribution in [0.15, 0.2) is 72.8 Å². The number of aryl methyl sites for hydroxylation is 1. The number of H-pyrrole nitrogens is 1. The van der Waals surface area contributed by atoms with Gasteiger partial charge in [0.1, 0.15) is 11.4 Å². The molecule has 35 heavy (non-hydrogen) atoms. The molecular formula is C28H25N3O4. The fourth-order valence-electron chi connectivity index (χ4n) is 4.44. The third-order valence-corrected chi connectivity index (χ3v) is 6.16. The lowest BCUT2D eigenvalue weighted by Crippen LogP contribution is -2.29. The van der Waals surface area contributed by atoms with E-state index in [1.165, 1.54) is 0 Å². The Labute approximate surface area is 203 Å². The first kappa shape index (κ1) is 22.4. The summed E-state index contributed by atoms with van der Waals surface area (Å²) in [6, 6.07) is 22.2. The van der Waals surface area contributed by atoms with E-state index in [0.717, 1.165) is 27.9 Å². The number of fused-ring (bicyclic) bond motifs is 1. The Bertz CT molecular complexity index is 1390. The van der Waals surface area contributed by atoms with Gasteiger partial charge in [0.15, 0.2) is 0 Å². The molecule has 1 N–H and O–H groups in total. The van der Waals surface area contributed by atoms with Crippen molar-refractivity contribution >= 4 is 17.6 Å². The van der Waals surface area contributed by atoms with Gasteiger partial charge in [-0.2, -0.15) is 5.10 Å². The summed E-state index contributed by atoms with van der Waals surface area (Å²) in [5.74, 6) is 0.108.